The lowest BCUT2D eigenvalue weighted by Crippen LogP contribution is -2.56. The zero-order valence-electron chi connectivity index (χ0n) is 34.7. The van der Waals surface area contributed by atoms with E-state index in [4.69, 9.17) is 9.16 Å². The third kappa shape index (κ3) is 14.9. The third-order valence-electron chi connectivity index (χ3n) is 10.6. The molecule has 2 aromatic carbocycles. The van der Waals surface area contributed by atoms with Gasteiger partial charge in [0, 0.05) is 31.8 Å². The summed E-state index contributed by atoms with van der Waals surface area (Å²) in [5.41, 5.74) is 0.688. The molecule has 5 atom stereocenters. The number of hydrogen-bond donors (Lipinski definition) is 2. The Hall–Kier alpha value is -3.91. The van der Waals surface area contributed by atoms with Gasteiger partial charge in [0.15, 0.2) is 8.32 Å². The van der Waals surface area contributed by atoms with Gasteiger partial charge in [0.2, 0.25) is 11.8 Å². The van der Waals surface area contributed by atoms with E-state index < -0.39 is 62.1 Å². The number of nitrogens with one attached hydrogen (secondary N) is 2. The molecule has 5 unspecified atom stereocenters. The molecule has 0 spiro atoms. The molecular weight excluding hydrogens is 744 g/mol. The van der Waals surface area contributed by atoms with Gasteiger partial charge in [-0.05, 0) is 87.3 Å². The van der Waals surface area contributed by atoms with Crippen LogP contribution < -0.4 is 15.4 Å². The van der Waals surface area contributed by atoms with Gasteiger partial charge in [-0.15, -0.1) is 13.2 Å². The number of benzene rings is 2. The van der Waals surface area contributed by atoms with E-state index in [0.717, 1.165) is 5.56 Å². The average Bonchev–Trinajstić information content (AvgIpc) is 3.08. The minimum Gasteiger partial charge on any atom is -0.444 e. The van der Waals surface area contributed by atoms with Crippen LogP contribution >= 0.6 is 0 Å². The normalized spacial score (nSPS) is 16.9. The fraction of sp³-hybridized carbons (Fsp3) is 0.619. The highest BCUT2D eigenvalue weighted by molar-refractivity contribution is 6.74. The molecule has 0 aromatic heterocycles. The first-order chi connectivity index (χ1) is 25.9. The molecule has 1 aliphatic rings. The molecule has 0 saturated carbocycles. The third-order valence-corrected chi connectivity index (χ3v) is 15.1. The van der Waals surface area contributed by atoms with Crippen molar-refractivity contribution in [3.63, 3.8) is 0 Å². The first-order valence-corrected chi connectivity index (χ1v) is 22.4. The minimum absolute atomic E-state index is 0.0830. The van der Waals surface area contributed by atoms with E-state index in [9.17, 15) is 32.3 Å². The van der Waals surface area contributed by atoms with Crippen molar-refractivity contribution >= 4 is 32.0 Å². The van der Waals surface area contributed by atoms with E-state index in [2.05, 4.69) is 49.2 Å². The molecular formula is C42H62F3N3O7Si. The van der Waals surface area contributed by atoms with Crippen LogP contribution in [0.4, 0.5) is 18.0 Å². The Morgan fingerprint density at radius 1 is 0.857 bits per heavy atom. The number of carbonyl (C=O) groups is 4. The van der Waals surface area contributed by atoms with Crippen molar-refractivity contribution in [3.8, 4) is 5.75 Å². The lowest BCUT2D eigenvalue weighted by Gasteiger charge is -2.42. The second-order valence-corrected chi connectivity index (χ2v) is 22.2. The molecule has 2 aromatic rings. The lowest BCUT2D eigenvalue weighted by molar-refractivity contribution is -0.274. The van der Waals surface area contributed by atoms with E-state index in [1.165, 1.54) is 24.3 Å². The number of rotatable bonds is 16. The van der Waals surface area contributed by atoms with Crippen molar-refractivity contribution in [2.75, 3.05) is 13.1 Å². The fourth-order valence-electron chi connectivity index (χ4n) is 6.25. The second-order valence-electron chi connectivity index (χ2n) is 17.4. The molecule has 0 aliphatic carbocycles. The van der Waals surface area contributed by atoms with Crippen molar-refractivity contribution in [3.05, 3.63) is 65.7 Å². The number of carbonyl (C=O) groups excluding carboxylic acids is 4. The van der Waals surface area contributed by atoms with Crippen LogP contribution in [0.15, 0.2) is 54.6 Å². The quantitative estimate of drug-likeness (QED) is 0.164. The predicted octanol–water partition coefficient (Wildman–Crippen LogP) is 8.38. The molecule has 1 fully saturated rings. The highest BCUT2D eigenvalue weighted by atomic mass is 28.4. The van der Waals surface area contributed by atoms with Gasteiger partial charge in [0.1, 0.15) is 23.2 Å². The van der Waals surface area contributed by atoms with Crippen LogP contribution in [-0.4, -0.2) is 80.1 Å². The average molecular weight is 806 g/mol. The maximum atomic E-state index is 14.7. The predicted molar refractivity (Wildman–Crippen MR) is 213 cm³/mol. The number of hydrogen-bond acceptors (Lipinski definition) is 7. The van der Waals surface area contributed by atoms with Crippen LogP contribution in [0.5, 0.6) is 5.75 Å². The van der Waals surface area contributed by atoms with Gasteiger partial charge in [-0.1, -0.05) is 83.5 Å². The van der Waals surface area contributed by atoms with Crippen LogP contribution in [0.25, 0.3) is 0 Å². The maximum absolute atomic E-state index is 14.7. The summed E-state index contributed by atoms with van der Waals surface area (Å²) in [7, 11) is -2.61. The topological polar surface area (TPSA) is 123 Å². The number of alkyl halides is 3. The molecule has 3 rings (SSSR count). The Morgan fingerprint density at radius 2 is 1.43 bits per heavy atom. The van der Waals surface area contributed by atoms with Crippen LogP contribution in [0.3, 0.4) is 0 Å². The number of ether oxygens (including phenoxy) is 2. The Labute approximate surface area is 331 Å². The number of halogens is 3. The zero-order valence-corrected chi connectivity index (χ0v) is 35.7. The lowest BCUT2D eigenvalue weighted by atomic mass is 9.87. The summed E-state index contributed by atoms with van der Waals surface area (Å²) in [6.45, 7) is 20.1. The smallest absolute Gasteiger partial charge is 0.444 e. The number of Topliss-reactive ketones (excluding diaryl/α,β-unsaturated/α-hetero) is 1. The highest BCUT2D eigenvalue weighted by Crippen LogP contribution is 2.39. The molecule has 0 bridgehead atoms. The minimum atomic E-state index is -4.87. The van der Waals surface area contributed by atoms with Gasteiger partial charge in [-0.3, -0.25) is 14.4 Å². The van der Waals surface area contributed by atoms with Crippen molar-refractivity contribution in [2.24, 2.45) is 11.8 Å². The molecule has 0 radical (unpaired) electrons. The van der Waals surface area contributed by atoms with E-state index >= 15 is 0 Å². The van der Waals surface area contributed by atoms with Crippen molar-refractivity contribution in [2.45, 2.75) is 142 Å². The Morgan fingerprint density at radius 3 is 1.95 bits per heavy atom. The van der Waals surface area contributed by atoms with E-state index in [0.29, 0.717) is 18.4 Å². The summed E-state index contributed by atoms with van der Waals surface area (Å²) in [5, 5.41) is 5.85. The maximum Gasteiger partial charge on any atom is 0.573 e. The molecule has 312 valence electrons. The number of amides is 3. The molecule has 14 heteroatoms. The summed E-state index contributed by atoms with van der Waals surface area (Å²) in [6.07, 6.45) is -4.64. The van der Waals surface area contributed by atoms with Crippen LogP contribution in [0, 0.1) is 11.8 Å². The molecule has 56 heavy (non-hydrogen) atoms. The Kier molecular flexibility index (Phi) is 16.2. The van der Waals surface area contributed by atoms with Gasteiger partial charge < -0.3 is 29.4 Å². The molecule has 10 nitrogen and oxygen atoms in total. The van der Waals surface area contributed by atoms with Crippen molar-refractivity contribution in [1.82, 2.24) is 15.5 Å². The highest BCUT2D eigenvalue weighted by Gasteiger charge is 2.43. The van der Waals surface area contributed by atoms with E-state index in [1.807, 2.05) is 44.2 Å². The summed E-state index contributed by atoms with van der Waals surface area (Å²) in [6, 6.07) is 13.4. The number of likely N-dealkylation sites (tertiary alicyclic amines) is 1. The van der Waals surface area contributed by atoms with Gasteiger partial charge in [0.25, 0.3) is 0 Å². The standard InChI is InChI=1S/C42H62F3N3O7Si/c1-11-28(2)36(38(51)48-23-21-32(49)22-24-48)47-37(50)31(25-30-17-19-33(20-18-30)53-42(43,44)45)27-35(55-56(9,10)41(6,7)8)34(26-29-15-13-12-14-16-29)46-39(52)54-40(3,4)5/h12-20,28,31,34-36H,11,21-27H2,1-10H3,(H,46,52)(H,47,50). The van der Waals surface area contributed by atoms with Crippen molar-refractivity contribution in [1.29, 1.82) is 0 Å². The summed E-state index contributed by atoms with van der Waals surface area (Å²) >= 11 is 0. The van der Waals surface area contributed by atoms with Crippen LogP contribution in [0.2, 0.25) is 18.1 Å². The molecule has 1 saturated heterocycles. The van der Waals surface area contributed by atoms with Gasteiger partial charge in [-0.25, -0.2) is 4.79 Å². The second kappa shape index (κ2) is 19.5. The Bertz CT molecular complexity index is 1600. The summed E-state index contributed by atoms with van der Waals surface area (Å²) in [5.74, 6) is -2.12. The van der Waals surface area contributed by atoms with Gasteiger partial charge >= 0.3 is 12.5 Å². The Balaban J connectivity index is 2.12. The SMILES string of the molecule is CCC(C)C(NC(=O)C(Cc1ccc(OC(F)(F)F)cc1)CC(O[Si](C)(C)C(C)(C)C)C(Cc1ccccc1)NC(=O)OC(C)(C)C)C(=O)N1CCC(=O)CC1. The molecule has 3 amide bonds. The number of alkyl carbamates (subject to hydrolysis) is 1. The molecule has 1 aliphatic heterocycles. The first kappa shape index (κ1) is 46.5. The van der Waals surface area contributed by atoms with Crippen molar-refractivity contribution < 1.29 is 46.2 Å². The fourth-order valence-corrected chi connectivity index (χ4v) is 7.63. The van der Waals surface area contributed by atoms with Crippen LogP contribution in [-0.2, 0) is 36.4 Å². The van der Waals surface area contributed by atoms with Gasteiger partial charge in [0.05, 0.1) is 12.1 Å². The largest absolute Gasteiger partial charge is 0.573 e. The van der Waals surface area contributed by atoms with E-state index in [-0.39, 0.29) is 61.4 Å². The van der Waals surface area contributed by atoms with Crippen LogP contribution in [0.1, 0.15) is 92.2 Å². The van der Waals surface area contributed by atoms with E-state index in [1.54, 1.807) is 25.7 Å². The number of ketones is 1. The number of nitrogens with zero attached hydrogens (tertiary/aromatic N) is 1. The monoisotopic (exact) mass is 805 g/mol. The first-order valence-electron chi connectivity index (χ1n) is 19.5. The zero-order chi connectivity index (χ0) is 42.1. The number of piperidine rings is 1. The van der Waals surface area contributed by atoms with Gasteiger partial charge in [-0.2, -0.15) is 0 Å². The summed E-state index contributed by atoms with van der Waals surface area (Å²) in [4.78, 5) is 55.7. The molecule has 1 heterocycles. The summed E-state index contributed by atoms with van der Waals surface area (Å²) < 4.78 is 55.9. The molecule has 2 N–H and O–H groups in total.